The Morgan fingerprint density at radius 1 is 1.50 bits per heavy atom. The highest BCUT2D eigenvalue weighted by molar-refractivity contribution is 5.80. The zero-order valence-electron chi connectivity index (χ0n) is 12.5. The molecule has 0 aliphatic rings. The molecule has 0 bridgehead atoms. The molecule has 2 rings (SSSR count). The number of aryl methyl sites for hydroxylation is 1. The maximum atomic E-state index is 12.2. The van der Waals surface area contributed by atoms with E-state index in [2.05, 4.69) is 15.5 Å². The van der Waals surface area contributed by atoms with Gasteiger partial charge in [0, 0.05) is 12.7 Å². The Balaban J connectivity index is 2.00. The molecule has 1 N–H and O–H groups in total. The highest BCUT2D eigenvalue weighted by Gasteiger charge is 2.21. The van der Waals surface area contributed by atoms with E-state index in [-0.39, 0.29) is 11.6 Å². The Morgan fingerprint density at radius 3 is 2.82 bits per heavy atom. The van der Waals surface area contributed by atoms with Crippen LogP contribution in [0.15, 0.2) is 24.7 Å². The van der Waals surface area contributed by atoms with Crippen LogP contribution < -0.4 is 5.32 Å². The zero-order valence-corrected chi connectivity index (χ0v) is 12.5. The standard InChI is InChI=1S/C13H18N6O3/c1-3-12(18-9-11(8-15-18)19(21)22)13(20)14-7-10-5-6-17(4-2)16-10/h5-6,8-9,12H,3-4,7H2,1-2H3,(H,14,20). The molecule has 0 aromatic carbocycles. The first kappa shape index (κ1) is 15.7. The van der Waals surface area contributed by atoms with E-state index in [1.807, 2.05) is 26.1 Å². The number of amides is 1. The Kier molecular flexibility index (Phi) is 4.87. The van der Waals surface area contributed by atoms with E-state index < -0.39 is 11.0 Å². The fourth-order valence-electron chi connectivity index (χ4n) is 2.05. The van der Waals surface area contributed by atoms with Crippen LogP contribution in [0, 0.1) is 10.1 Å². The number of hydrogen-bond donors (Lipinski definition) is 1. The molecule has 0 aliphatic carbocycles. The molecule has 0 saturated carbocycles. The lowest BCUT2D eigenvalue weighted by Crippen LogP contribution is -2.32. The van der Waals surface area contributed by atoms with Crippen LogP contribution in [0.25, 0.3) is 0 Å². The maximum absolute atomic E-state index is 12.2. The van der Waals surface area contributed by atoms with E-state index >= 15 is 0 Å². The molecule has 9 heteroatoms. The van der Waals surface area contributed by atoms with E-state index in [1.165, 1.54) is 10.9 Å². The summed E-state index contributed by atoms with van der Waals surface area (Å²) in [5, 5.41) is 21.6. The number of rotatable bonds is 7. The van der Waals surface area contributed by atoms with Crippen LogP contribution in [-0.2, 0) is 17.9 Å². The van der Waals surface area contributed by atoms with Gasteiger partial charge in [-0.15, -0.1) is 0 Å². The molecule has 0 saturated heterocycles. The average Bonchev–Trinajstić information content (AvgIpc) is 3.15. The number of aromatic nitrogens is 4. The topological polar surface area (TPSA) is 108 Å². The summed E-state index contributed by atoms with van der Waals surface area (Å²) < 4.78 is 3.09. The van der Waals surface area contributed by atoms with Crippen molar-refractivity contribution in [3.8, 4) is 0 Å². The van der Waals surface area contributed by atoms with Gasteiger partial charge in [0.05, 0.1) is 17.2 Å². The lowest BCUT2D eigenvalue weighted by molar-refractivity contribution is -0.385. The summed E-state index contributed by atoms with van der Waals surface area (Å²) in [6.07, 6.45) is 4.72. The first-order chi connectivity index (χ1) is 10.5. The number of carbonyl (C=O) groups excluding carboxylic acids is 1. The Labute approximate surface area is 127 Å². The summed E-state index contributed by atoms with van der Waals surface area (Å²) in [4.78, 5) is 22.4. The van der Waals surface area contributed by atoms with Gasteiger partial charge in [0.2, 0.25) is 5.91 Å². The number of nitro groups is 1. The summed E-state index contributed by atoms with van der Waals surface area (Å²) >= 11 is 0. The van der Waals surface area contributed by atoms with Crippen LogP contribution in [0.2, 0.25) is 0 Å². The first-order valence-electron chi connectivity index (χ1n) is 7.03. The van der Waals surface area contributed by atoms with E-state index in [0.29, 0.717) is 13.0 Å². The van der Waals surface area contributed by atoms with Crippen LogP contribution in [0.1, 0.15) is 32.0 Å². The monoisotopic (exact) mass is 306 g/mol. The van der Waals surface area contributed by atoms with Crippen molar-refractivity contribution in [3.63, 3.8) is 0 Å². The van der Waals surface area contributed by atoms with Gasteiger partial charge in [0.15, 0.2) is 0 Å². The third kappa shape index (κ3) is 3.48. The molecular weight excluding hydrogens is 288 g/mol. The predicted molar refractivity (Wildman–Crippen MR) is 78.0 cm³/mol. The molecule has 0 spiro atoms. The van der Waals surface area contributed by atoms with Gasteiger partial charge in [-0.25, -0.2) is 0 Å². The van der Waals surface area contributed by atoms with E-state index in [9.17, 15) is 14.9 Å². The predicted octanol–water partition coefficient (Wildman–Crippen LogP) is 1.28. The molecule has 22 heavy (non-hydrogen) atoms. The van der Waals surface area contributed by atoms with Gasteiger partial charge in [0.1, 0.15) is 18.4 Å². The maximum Gasteiger partial charge on any atom is 0.307 e. The Morgan fingerprint density at radius 2 is 2.27 bits per heavy atom. The molecular formula is C13H18N6O3. The van der Waals surface area contributed by atoms with Crippen LogP contribution in [0.5, 0.6) is 0 Å². The van der Waals surface area contributed by atoms with Crippen LogP contribution in [0.4, 0.5) is 5.69 Å². The van der Waals surface area contributed by atoms with Crippen LogP contribution in [-0.4, -0.2) is 30.4 Å². The van der Waals surface area contributed by atoms with E-state index in [0.717, 1.165) is 18.4 Å². The van der Waals surface area contributed by atoms with Gasteiger partial charge < -0.3 is 5.32 Å². The molecule has 9 nitrogen and oxygen atoms in total. The Bertz CT molecular complexity index is 662. The number of nitrogens with one attached hydrogen (secondary N) is 1. The van der Waals surface area contributed by atoms with Crippen molar-refractivity contribution in [1.82, 2.24) is 24.9 Å². The van der Waals surface area contributed by atoms with Gasteiger partial charge >= 0.3 is 5.69 Å². The summed E-state index contributed by atoms with van der Waals surface area (Å²) in [7, 11) is 0. The van der Waals surface area contributed by atoms with Gasteiger partial charge in [0.25, 0.3) is 0 Å². The minimum atomic E-state index is -0.582. The number of nitrogens with zero attached hydrogens (tertiary/aromatic N) is 5. The minimum absolute atomic E-state index is 0.132. The molecule has 0 fully saturated rings. The van der Waals surface area contributed by atoms with E-state index in [4.69, 9.17) is 0 Å². The average molecular weight is 306 g/mol. The molecule has 0 radical (unpaired) electrons. The quantitative estimate of drug-likeness (QED) is 0.612. The Hall–Kier alpha value is -2.71. The minimum Gasteiger partial charge on any atom is -0.349 e. The zero-order chi connectivity index (χ0) is 16.1. The second kappa shape index (κ2) is 6.83. The van der Waals surface area contributed by atoms with Crippen LogP contribution >= 0.6 is 0 Å². The third-order valence-corrected chi connectivity index (χ3v) is 3.27. The second-order valence-corrected chi connectivity index (χ2v) is 4.74. The van der Waals surface area contributed by atoms with Gasteiger partial charge in [-0.05, 0) is 19.4 Å². The van der Waals surface area contributed by atoms with E-state index in [1.54, 1.807) is 4.68 Å². The first-order valence-corrected chi connectivity index (χ1v) is 7.03. The summed E-state index contributed by atoms with van der Waals surface area (Å²) in [6.45, 7) is 4.88. The summed E-state index contributed by atoms with van der Waals surface area (Å²) in [5.74, 6) is -0.244. The van der Waals surface area contributed by atoms with Crippen molar-refractivity contribution < 1.29 is 9.72 Å². The largest absolute Gasteiger partial charge is 0.349 e. The molecule has 1 atom stereocenters. The summed E-state index contributed by atoms with van der Waals surface area (Å²) in [5.41, 5.74) is 0.629. The highest BCUT2D eigenvalue weighted by Crippen LogP contribution is 2.16. The smallest absolute Gasteiger partial charge is 0.307 e. The van der Waals surface area contributed by atoms with Crippen molar-refractivity contribution in [2.45, 2.75) is 39.4 Å². The number of carbonyl (C=O) groups is 1. The SMILES string of the molecule is CCC(C(=O)NCc1ccn(CC)n1)n1cc([N+](=O)[O-])cn1. The molecule has 1 amide bonds. The third-order valence-electron chi connectivity index (χ3n) is 3.27. The fourth-order valence-corrected chi connectivity index (χ4v) is 2.05. The van der Waals surface area contributed by atoms with Crippen molar-refractivity contribution in [1.29, 1.82) is 0 Å². The molecule has 2 heterocycles. The molecule has 2 aromatic heterocycles. The van der Waals surface area contributed by atoms with Crippen molar-refractivity contribution >= 4 is 11.6 Å². The van der Waals surface area contributed by atoms with Gasteiger partial charge in [-0.1, -0.05) is 6.92 Å². The molecule has 0 aliphatic heterocycles. The fraction of sp³-hybridized carbons (Fsp3) is 0.462. The van der Waals surface area contributed by atoms with Crippen molar-refractivity contribution in [2.24, 2.45) is 0 Å². The highest BCUT2D eigenvalue weighted by atomic mass is 16.6. The molecule has 1 unspecified atom stereocenters. The lowest BCUT2D eigenvalue weighted by atomic mass is 10.2. The van der Waals surface area contributed by atoms with Crippen molar-refractivity contribution in [2.75, 3.05) is 0 Å². The second-order valence-electron chi connectivity index (χ2n) is 4.74. The lowest BCUT2D eigenvalue weighted by Gasteiger charge is -2.14. The molecule has 118 valence electrons. The van der Waals surface area contributed by atoms with Gasteiger partial charge in [-0.2, -0.15) is 10.2 Å². The molecule has 2 aromatic rings. The number of hydrogen-bond acceptors (Lipinski definition) is 5. The summed E-state index contributed by atoms with van der Waals surface area (Å²) in [6, 6.07) is 1.26. The van der Waals surface area contributed by atoms with Gasteiger partial charge in [-0.3, -0.25) is 24.3 Å². The normalized spacial score (nSPS) is 12.1. The van der Waals surface area contributed by atoms with Crippen LogP contribution in [0.3, 0.4) is 0 Å². The van der Waals surface area contributed by atoms with Crippen molar-refractivity contribution in [3.05, 3.63) is 40.5 Å².